The van der Waals surface area contributed by atoms with E-state index in [0.29, 0.717) is 5.56 Å². The molecule has 0 saturated carbocycles. The standard InChI is InChI=1S/C15H11N3/c1-10-5-2-3-7-12(10)15-17-13-8-4-6-11(9-16)14(13)18-15/h2-8H,1H3,(H,17,18). The third kappa shape index (κ3) is 1.56. The van der Waals surface area contributed by atoms with Gasteiger partial charge in [-0.25, -0.2) is 4.98 Å². The number of aromatic amines is 1. The quantitative estimate of drug-likeness (QED) is 0.700. The number of nitriles is 1. The molecule has 1 aromatic heterocycles. The van der Waals surface area contributed by atoms with Crippen LogP contribution in [0, 0.1) is 18.3 Å². The first kappa shape index (κ1) is 10.5. The molecule has 3 rings (SSSR count). The highest BCUT2D eigenvalue weighted by atomic mass is 14.9. The van der Waals surface area contributed by atoms with Crippen molar-refractivity contribution in [2.45, 2.75) is 6.92 Å². The smallest absolute Gasteiger partial charge is 0.138 e. The maximum Gasteiger partial charge on any atom is 0.138 e. The summed E-state index contributed by atoms with van der Waals surface area (Å²) in [5, 5.41) is 9.07. The van der Waals surface area contributed by atoms with Crippen LogP contribution in [-0.4, -0.2) is 9.97 Å². The minimum atomic E-state index is 0.601. The fraction of sp³-hybridized carbons (Fsp3) is 0.0667. The Morgan fingerprint density at radius 2 is 1.94 bits per heavy atom. The van der Waals surface area contributed by atoms with Crippen LogP contribution in [0.25, 0.3) is 22.4 Å². The molecule has 0 atom stereocenters. The Morgan fingerprint density at radius 3 is 2.72 bits per heavy atom. The van der Waals surface area contributed by atoms with Crippen LogP contribution in [0.3, 0.4) is 0 Å². The number of nitrogens with one attached hydrogen (secondary N) is 1. The van der Waals surface area contributed by atoms with Gasteiger partial charge in [0.15, 0.2) is 0 Å². The third-order valence-corrected chi connectivity index (χ3v) is 3.03. The van der Waals surface area contributed by atoms with Crippen molar-refractivity contribution in [2.24, 2.45) is 0 Å². The highest BCUT2D eigenvalue weighted by molar-refractivity contribution is 5.84. The Morgan fingerprint density at radius 1 is 1.11 bits per heavy atom. The normalized spacial score (nSPS) is 10.4. The molecule has 3 aromatic rings. The fourth-order valence-corrected chi connectivity index (χ4v) is 2.09. The lowest BCUT2D eigenvalue weighted by Crippen LogP contribution is -1.84. The second-order valence-corrected chi connectivity index (χ2v) is 4.21. The lowest BCUT2D eigenvalue weighted by Gasteiger charge is -2.00. The zero-order valence-electron chi connectivity index (χ0n) is 9.94. The molecule has 1 N–H and O–H groups in total. The summed E-state index contributed by atoms with van der Waals surface area (Å²) in [4.78, 5) is 7.80. The van der Waals surface area contributed by atoms with Crippen LogP contribution in [0.15, 0.2) is 42.5 Å². The summed E-state index contributed by atoms with van der Waals surface area (Å²) in [6.45, 7) is 2.05. The molecule has 18 heavy (non-hydrogen) atoms. The van der Waals surface area contributed by atoms with Gasteiger partial charge in [0.25, 0.3) is 0 Å². The van der Waals surface area contributed by atoms with Crippen molar-refractivity contribution < 1.29 is 0 Å². The van der Waals surface area contributed by atoms with E-state index < -0.39 is 0 Å². The molecule has 3 heteroatoms. The van der Waals surface area contributed by atoms with Gasteiger partial charge in [0.2, 0.25) is 0 Å². The molecule has 1 heterocycles. The van der Waals surface area contributed by atoms with Crippen molar-refractivity contribution in [1.82, 2.24) is 9.97 Å². The van der Waals surface area contributed by atoms with E-state index in [4.69, 9.17) is 5.26 Å². The summed E-state index contributed by atoms with van der Waals surface area (Å²) >= 11 is 0. The second kappa shape index (κ2) is 4.01. The van der Waals surface area contributed by atoms with Gasteiger partial charge in [-0.15, -0.1) is 0 Å². The molecule has 0 saturated heterocycles. The van der Waals surface area contributed by atoms with Crippen LogP contribution in [-0.2, 0) is 0 Å². The first-order valence-electron chi connectivity index (χ1n) is 5.74. The van der Waals surface area contributed by atoms with E-state index in [2.05, 4.69) is 16.0 Å². The largest absolute Gasteiger partial charge is 0.338 e. The molecule has 0 fully saturated rings. The van der Waals surface area contributed by atoms with E-state index in [1.54, 1.807) is 6.07 Å². The number of benzene rings is 2. The SMILES string of the molecule is Cc1ccccc1-c1nc2c(C#N)cccc2[nH]1. The van der Waals surface area contributed by atoms with Crippen LogP contribution < -0.4 is 0 Å². The Balaban J connectivity index is 2.27. The number of aryl methyl sites for hydroxylation is 1. The summed E-state index contributed by atoms with van der Waals surface area (Å²) in [6, 6.07) is 15.8. The van der Waals surface area contributed by atoms with Crippen molar-refractivity contribution >= 4 is 11.0 Å². The number of fused-ring (bicyclic) bond motifs is 1. The van der Waals surface area contributed by atoms with Gasteiger partial charge >= 0.3 is 0 Å². The zero-order valence-corrected chi connectivity index (χ0v) is 9.94. The molecule has 0 radical (unpaired) electrons. The van der Waals surface area contributed by atoms with Gasteiger partial charge in [0.1, 0.15) is 17.4 Å². The van der Waals surface area contributed by atoms with Crippen molar-refractivity contribution in [3.8, 4) is 17.5 Å². The van der Waals surface area contributed by atoms with Crippen LogP contribution in [0.5, 0.6) is 0 Å². The second-order valence-electron chi connectivity index (χ2n) is 4.21. The molecular formula is C15H11N3. The van der Waals surface area contributed by atoms with Gasteiger partial charge < -0.3 is 4.98 Å². The summed E-state index contributed by atoms with van der Waals surface area (Å²) in [5.41, 5.74) is 4.46. The van der Waals surface area contributed by atoms with Crippen molar-refractivity contribution in [3.05, 3.63) is 53.6 Å². The van der Waals surface area contributed by atoms with Crippen molar-refractivity contribution in [3.63, 3.8) is 0 Å². The summed E-state index contributed by atoms with van der Waals surface area (Å²) in [7, 11) is 0. The number of para-hydroxylation sites is 1. The molecule has 0 aliphatic rings. The van der Waals surface area contributed by atoms with Gasteiger partial charge in [-0.05, 0) is 24.6 Å². The number of hydrogen-bond acceptors (Lipinski definition) is 2. The maximum absolute atomic E-state index is 9.07. The third-order valence-electron chi connectivity index (χ3n) is 3.03. The van der Waals surface area contributed by atoms with Crippen molar-refractivity contribution in [1.29, 1.82) is 5.26 Å². The zero-order chi connectivity index (χ0) is 12.5. The van der Waals surface area contributed by atoms with E-state index in [1.807, 2.05) is 43.3 Å². The van der Waals surface area contributed by atoms with Crippen molar-refractivity contribution in [2.75, 3.05) is 0 Å². The molecule has 0 spiro atoms. The van der Waals surface area contributed by atoms with Crippen LogP contribution in [0.1, 0.15) is 11.1 Å². The van der Waals surface area contributed by atoms with Crippen LogP contribution in [0.4, 0.5) is 0 Å². The van der Waals surface area contributed by atoms with E-state index in [9.17, 15) is 0 Å². The Hall–Kier alpha value is -2.60. The average Bonchev–Trinajstić information content (AvgIpc) is 2.82. The number of imidazole rings is 1. The maximum atomic E-state index is 9.07. The highest BCUT2D eigenvalue weighted by Gasteiger charge is 2.09. The number of H-pyrrole nitrogens is 1. The number of nitrogens with zero attached hydrogens (tertiary/aromatic N) is 2. The molecule has 3 nitrogen and oxygen atoms in total. The lowest BCUT2D eigenvalue weighted by molar-refractivity contribution is 1.31. The molecular weight excluding hydrogens is 222 g/mol. The molecule has 0 aliphatic carbocycles. The molecule has 0 bridgehead atoms. The monoisotopic (exact) mass is 233 g/mol. The number of rotatable bonds is 1. The van der Waals surface area contributed by atoms with E-state index >= 15 is 0 Å². The molecule has 0 aliphatic heterocycles. The summed E-state index contributed by atoms with van der Waals surface area (Å²) < 4.78 is 0. The van der Waals surface area contributed by atoms with Gasteiger partial charge in [0, 0.05) is 5.56 Å². The Labute approximate surface area is 105 Å². The molecule has 0 amide bonds. The average molecular weight is 233 g/mol. The topological polar surface area (TPSA) is 52.5 Å². The Kier molecular flexibility index (Phi) is 2.35. The summed E-state index contributed by atoms with van der Waals surface area (Å²) in [6.07, 6.45) is 0. The van der Waals surface area contributed by atoms with Gasteiger partial charge in [-0.2, -0.15) is 5.26 Å². The van der Waals surface area contributed by atoms with E-state index in [-0.39, 0.29) is 0 Å². The minimum Gasteiger partial charge on any atom is -0.338 e. The highest BCUT2D eigenvalue weighted by Crippen LogP contribution is 2.24. The molecule has 86 valence electrons. The van der Waals surface area contributed by atoms with E-state index in [0.717, 1.165) is 28.0 Å². The van der Waals surface area contributed by atoms with E-state index in [1.165, 1.54) is 0 Å². The molecule has 0 unspecified atom stereocenters. The fourth-order valence-electron chi connectivity index (χ4n) is 2.09. The number of aromatic nitrogens is 2. The van der Waals surface area contributed by atoms with Crippen LogP contribution >= 0.6 is 0 Å². The Bertz CT molecular complexity index is 763. The molecule has 2 aromatic carbocycles. The van der Waals surface area contributed by atoms with Gasteiger partial charge in [-0.3, -0.25) is 0 Å². The van der Waals surface area contributed by atoms with Gasteiger partial charge in [-0.1, -0.05) is 30.3 Å². The lowest BCUT2D eigenvalue weighted by atomic mass is 10.1. The summed E-state index contributed by atoms with van der Waals surface area (Å²) in [5.74, 6) is 0.811. The number of hydrogen-bond donors (Lipinski definition) is 1. The first-order chi connectivity index (χ1) is 8.79. The predicted molar refractivity (Wildman–Crippen MR) is 71.0 cm³/mol. The van der Waals surface area contributed by atoms with Gasteiger partial charge in [0.05, 0.1) is 11.1 Å². The minimum absolute atomic E-state index is 0.601. The first-order valence-corrected chi connectivity index (χ1v) is 5.74. The predicted octanol–water partition coefficient (Wildman–Crippen LogP) is 3.41. The van der Waals surface area contributed by atoms with Crippen LogP contribution in [0.2, 0.25) is 0 Å².